The summed E-state index contributed by atoms with van der Waals surface area (Å²) >= 11 is 1.54. The van der Waals surface area contributed by atoms with Gasteiger partial charge in [-0.05, 0) is 32.6 Å². The van der Waals surface area contributed by atoms with E-state index in [-0.39, 0.29) is 11.9 Å². The van der Waals surface area contributed by atoms with Gasteiger partial charge < -0.3 is 4.90 Å². The molecule has 0 spiro atoms. The summed E-state index contributed by atoms with van der Waals surface area (Å²) < 4.78 is 29.0. The van der Waals surface area contributed by atoms with Gasteiger partial charge in [0.15, 0.2) is 0 Å². The highest BCUT2D eigenvalue weighted by Crippen LogP contribution is 2.31. The van der Waals surface area contributed by atoms with Gasteiger partial charge in [-0.2, -0.15) is 17.0 Å². The maximum Gasteiger partial charge on any atom is 0.283 e. The van der Waals surface area contributed by atoms with Crippen LogP contribution >= 0.6 is 11.8 Å². The monoisotopic (exact) mass is 347 g/mol. The zero-order valence-corrected chi connectivity index (χ0v) is 14.7. The van der Waals surface area contributed by atoms with Crippen LogP contribution in [0.3, 0.4) is 0 Å². The molecule has 1 amide bonds. The quantitative estimate of drug-likeness (QED) is 0.767. The second-order valence-corrected chi connectivity index (χ2v) is 9.23. The molecule has 3 saturated heterocycles. The third kappa shape index (κ3) is 3.02. The van der Waals surface area contributed by atoms with E-state index in [0.717, 1.165) is 45.2 Å². The number of hydrogen-bond donors (Lipinski definition) is 0. The molecule has 3 fully saturated rings. The Kier molecular flexibility index (Phi) is 5.01. The minimum Gasteiger partial charge on any atom is -0.341 e. The van der Waals surface area contributed by atoms with E-state index in [1.165, 1.54) is 4.31 Å². The summed E-state index contributed by atoms with van der Waals surface area (Å²) in [4.78, 5) is 14.5. The maximum atomic E-state index is 13.0. The topological polar surface area (TPSA) is 60.9 Å². The lowest BCUT2D eigenvalue weighted by atomic mass is 10.1. The van der Waals surface area contributed by atoms with Crippen LogP contribution in [0.1, 0.15) is 39.0 Å². The van der Waals surface area contributed by atoms with Crippen LogP contribution in [0.15, 0.2) is 0 Å². The van der Waals surface area contributed by atoms with E-state index >= 15 is 0 Å². The van der Waals surface area contributed by atoms with Gasteiger partial charge in [0.1, 0.15) is 6.04 Å². The molecule has 3 aliphatic rings. The van der Waals surface area contributed by atoms with E-state index in [9.17, 15) is 13.2 Å². The molecule has 3 heterocycles. The van der Waals surface area contributed by atoms with Crippen LogP contribution in [-0.2, 0) is 15.0 Å². The number of hydrogen-bond acceptors (Lipinski definition) is 4. The summed E-state index contributed by atoms with van der Waals surface area (Å²) in [6.45, 7) is 4.09. The molecule has 0 bridgehead atoms. The second kappa shape index (κ2) is 6.67. The Morgan fingerprint density at radius 3 is 2.41 bits per heavy atom. The minimum absolute atomic E-state index is 0.00395. The average molecular weight is 348 g/mol. The Morgan fingerprint density at radius 2 is 1.73 bits per heavy atom. The Balaban J connectivity index is 1.77. The highest BCUT2D eigenvalue weighted by atomic mass is 32.2. The van der Waals surface area contributed by atoms with Gasteiger partial charge in [0.05, 0.1) is 5.88 Å². The molecule has 22 heavy (non-hydrogen) atoms. The first-order valence-corrected chi connectivity index (χ1v) is 10.7. The summed E-state index contributed by atoms with van der Waals surface area (Å²) in [5, 5.41) is 0. The Hall–Kier alpha value is -0.310. The Labute approximate surface area is 137 Å². The number of thioether (sulfide) groups is 1. The molecular formula is C14H25N3O3S2. The lowest BCUT2D eigenvalue weighted by molar-refractivity contribution is -0.133. The number of carbonyl (C=O) groups is 1. The molecule has 0 unspecified atom stereocenters. The van der Waals surface area contributed by atoms with Crippen molar-refractivity contribution in [3.8, 4) is 0 Å². The van der Waals surface area contributed by atoms with E-state index in [0.29, 0.717) is 18.2 Å². The highest BCUT2D eigenvalue weighted by Gasteiger charge is 2.45. The van der Waals surface area contributed by atoms with Crippen LogP contribution in [0.25, 0.3) is 0 Å². The molecule has 0 aliphatic carbocycles. The molecule has 0 aromatic rings. The molecule has 3 aliphatic heterocycles. The highest BCUT2D eigenvalue weighted by molar-refractivity contribution is 8.00. The van der Waals surface area contributed by atoms with Crippen molar-refractivity contribution in [1.29, 1.82) is 0 Å². The molecule has 0 radical (unpaired) electrons. The third-order valence-electron chi connectivity index (χ3n) is 4.88. The van der Waals surface area contributed by atoms with E-state index in [1.807, 2.05) is 11.8 Å². The molecule has 3 rings (SSSR count). The Bertz CT molecular complexity index is 519. The molecule has 0 aromatic heterocycles. The number of likely N-dealkylation sites (tertiary alicyclic amines) is 1. The normalized spacial score (nSPS) is 31.8. The smallest absolute Gasteiger partial charge is 0.283 e. The van der Waals surface area contributed by atoms with Gasteiger partial charge in [0.25, 0.3) is 10.2 Å². The number of carbonyl (C=O) groups excluding carboxylic acids is 1. The molecule has 2 atom stereocenters. The van der Waals surface area contributed by atoms with E-state index < -0.39 is 16.3 Å². The zero-order valence-electron chi connectivity index (χ0n) is 13.1. The molecule has 0 N–H and O–H groups in total. The van der Waals surface area contributed by atoms with E-state index in [2.05, 4.69) is 0 Å². The lowest BCUT2D eigenvalue weighted by Crippen LogP contribution is -2.55. The molecule has 0 aromatic carbocycles. The first-order chi connectivity index (χ1) is 10.5. The summed E-state index contributed by atoms with van der Waals surface area (Å²) in [6.07, 6.45) is 4.96. The number of rotatable bonds is 3. The summed E-state index contributed by atoms with van der Waals surface area (Å²) in [6, 6.07) is -0.478. The van der Waals surface area contributed by atoms with Crippen molar-refractivity contribution in [3.05, 3.63) is 0 Å². The zero-order chi connectivity index (χ0) is 15.7. The molecule has 6 nitrogen and oxygen atoms in total. The van der Waals surface area contributed by atoms with Gasteiger partial charge >= 0.3 is 0 Å². The van der Waals surface area contributed by atoms with Crippen molar-refractivity contribution < 1.29 is 13.2 Å². The largest absolute Gasteiger partial charge is 0.341 e. The van der Waals surface area contributed by atoms with Crippen LogP contribution in [0, 0.1) is 0 Å². The van der Waals surface area contributed by atoms with Gasteiger partial charge in [0, 0.05) is 31.4 Å². The van der Waals surface area contributed by atoms with E-state index in [1.54, 1.807) is 16.1 Å². The van der Waals surface area contributed by atoms with Gasteiger partial charge in [-0.25, -0.2) is 0 Å². The number of piperidine rings is 1. The fourth-order valence-electron chi connectivity index (χ4n) is 3.55. The SMILES string of the molecule is C[C@H]1CCCCN1S(=O)(=O)N1CSC[C@@H]1C(=O)N1CCCC1. The predicted octanol–water partition coefficient (Wildman–Crippen LogP) is 1.10. The Morgan fingerprint density at radius 1 is 1.05 bits per heavy atom. The first kappa shape index (κ1) is 16.5. The van der Waals surface area contributed by atoms with Gasteiger partial charge in [-0.1, -0.05) is 6.42 Å². The second-order valence-electron chi connectivity index (χ2n) is 6.40. The fraction of sp³-hybridized carbons (Fsp3) is 0.929. The van der Waals surface area contributed by atoms with Gasteiger partial charge in [0.2, 0.25) is 5.91 Å². The summed E-state index contributed by atoms with van der Waals surface area (Å²) in [5.74, 6) is 0.975. The van der Waals surface area contributed by atoms with Crippen LogP contribution in [0.5, 0.6) is 0 Å². The van der Waals surface area contributed by atoms with Crippen molar-refractivity contribution in [2.45, 2.75) is 51.1 Å². The maximum absolute atomic E-state index is 13.0. The van der Waals surface area contributed by atoms with Crippen molar-refractivity contribution >= 4 is 27.9 Å². The van der Waals surface area contributed by atoms with Crippen molar-refractivity contribution in [1.82, 2.24) is 13.5 Å². The molecule has 0 saturated carbocycles. The first-order valence-electron chi connectivity index (χ1n) is 8.17. The summed E-state index contributed by atoms with van der Waals surface area (Å²) in [5.41, 5.74) is 0. The predicted molar refractivity (Wildman–Crippen MR) is 87.7 cm³/mol. The van der Waals surface area contributed by atoms with Gasteiger partial charge in [-0.3, -0.25) is 4.79 Å². The van der Waals surface area contributed by atoms with Crippen LogP contribution in [0.2, 0.25) is 0 Å². The van der Waals surface area contributed by atoms with Crippen molar-refractivity contribution in [3.63, 3.8) is 0 Å². The van der Waals surface area contributed by atoms with Crippen LogP contribution in [0.4, 0.5) is 0 Å². The fourth-order valence-corrected chi connectivity index (χ4v) is 7.08. The summed E-state index contributed by atoms with van der Waals surface area (Å²) in [7, 11) is -3.54. The number of nitrogens with zero attached hydrogens (tertiary/aromatic N) is 3. The van der Waals surface area contributed by atoms with E-state index in [4.69, 9.17) is 0 Å². The van der Waals surface area contributed by atoms with Crippen molar-refractivity contribution in [2.75, 3.05) is 31.3 Å². The third-order valence-corrected chi connectivity index (χ3v) is 8.17. The molecule has 8 heteroatoms. The van der Waals surface area contributed by atoms with Crippen molar-refractivity contribution in [2.24, 2.45) is 0 Å². The van der Waals surface area contributed by atoms with Crippen LogP contribution < -0.4 is 0 Å². The lowest BCUT2D eigenvalue weighted by Gasteiger charge is -2.36. The standard InChI is InChI=1S/C14H25N3O3S2/c1-12-6-2-3-9-16(12)22(19,20)17-11-21-10-13(17)14(18)15-7-4-5-8-15/h12-13H,2-11H2,1H3/t12-,13+/m0/s1. The molecular weight excluding hydrogens is 322 g/mol. The van der Waals surface area contributed by atoms with Gasteiger partial charge in [-0.15, -0.1) is 11.8 Å². The number of amides is 1. The molecule has 126 valence electrons. The van der Waals surface area contributed by atoms with Crippen LogP contribution in [-0.4, -0.2) is 71.2 Å². The average Bonchev–Trinajstić information content (AvgIpc) is 3.18. The minimum atomic E-state index is -3.54.